The topological polar surface area (TPSA) is 21.3 Å². The Hall–Kier alpha value is 0.331. The van der Waals surface area contributed by atoms with Crippen LogP contribution < -0.4 is 4.98 Å². The Morgan fingerprint density at radius 1 is 1.30 bits per heavy atom. The fourth-order valence-electron chi connectivity index (χ4n) is 2.92. The van der Waals surface area contributed by atoms with Gasteiger partial charge in [0.1, 0.15) is 0 Å². The van der Waals surface area contributed by atoms with Gasteiger partial charge in [-0.25, -0.2) is 0 Å². The summed E-state index contributed by atoms with van der Waals surface area (Å²) in [5.74, 6) is 0. The molecule has 0 amide bonds. The Morgan fingerprint density at radius 3 is 2.30 bits per heavy atom. The quantitative estimate of drug-likeness (QED) is 0.578. The van der Waals surface area contributed by atoms with Crippen LogP contribution in [0.15, 0.2) is 21.6 Å². The molecule has 0 bridgehead atoms. The number of rotatable bonds is 5. The first-order valence-electron chi connectivity index (χ1n) is 7.64. The summed E-state index contributed by atoms with van der Waals surface area (Å²) >= 11 is -2.07. The van der Waals surface area contributed by atoms with Crippen molar-refractivity contribution in [2.24, 2.45) is 5.41 Å². The molecule has 1 aliphatic carbocycles. The van der Waals surface area contributed by atoms with E-state index in [1.54, 1.807) is 16.6 Å². The number of hydrogen-bond donors (Lipinski definition) is 1. The number of hydrogen-bond acceptors (Lipinski definition) is 2. The average Bonchev–Trinajstić information content (AvgIpc) is 2.76. The van der Waals surface area contributed by atoms with E-state index >= 15 is 0 Å². The molecule has 1 atom stereocenters. The third kappa shape index (κ3) is 3.75. The number of nitrogens with one attached hydrogen (secondary N) is 1. The first kappa shape index (κ1) is 18.4. The first-order chi connectivity index (χ1) is 8.93. The molecule has 0 radical (unpaired) electrons. The van der Waals surface area contributed by atoms with E-state index in [0.717, 1.165) is 0 Å². The first-order valence-corrected chi connectivity index (χ1v) is 16.9. The minimum absolute atomic E-state index is 0.162. The van der Waals surface area contributed by atoms with Gasteiger partial charge in [0.05, 0.1) is 0 Å². The van der Waals surface area contributed by atoms with Gasteiger partial charge in [-0.2, -0.15) is 0 Å². The summed E-state index contributed by atoms with van der Waals surface area (Å²) in [4.78, 5) is 3.83. The van der Waals surface area contributed by atoms with E-state index in [1.165, 1.54) is 6.42 Å². The number of ether oxygens (including phenoxy) is 1. The average molecular weight is 331 g/mol. The summed E-state index contributed by atoms with van der Waals surface area (Å²) in [6, 6.07) is 0. The molecule has 116 valence electrons. The molecular formula is C16H33NOSiTi. The second-order valence-corrected chi connectivity index (χ2v) is 28.6. The van der Waals surface area contributed by atoms with Crippen LogP contribution in [0.5, 0.6) is 0 Å². The SMILES string of the molecule is COC(C)N[Si](C)(C)[Ti]([CH3])([CH3])[C]1=C(C(C)(C)C)C=CC1. The van der Waals surface area contributed by atoms with Crippen LogP contribution in [0.1, 0.15) is 34.1 Å². The van der Waals surface area contributed by atoms with E-state index in [0.29, 0.717) is 0 Å². The summed E-state index contributed by atoms with van der Waals surface area (Å²) < 4.78 is 7.26. The molecule has 0 saturated heterocycles. The maximum atomic E-state index is 5.46. The normalized spacial score (nSPS) is 18.9. The molecule has 0 aromatic carbocycles. The van der Waals surface area contributed by atoms with E-state index in [-0.39, 0.29) is 11.6 Å². The summed E-state index contributed by atoms with van der Waals surface area (Å²) in [6.45, 7) is 14.1. The second kappa shape index (κ2) is 6.21. The molecule has 0 aliphatic heterocycles. The van der Waals surface area contributed by atoms with Crippen LogP contribution in [0.2, 0.25) is 23.6 Å². The van der Waals surface area contributed by atoms with Crippen LogP contribution >= 0.6 is 0 Å². The van der Waals surface area contributed by atoms with Crippen molar-refractivity contribution in [3.63, 3.8) is 0 Å². The van der Waals surface area contributed by atoms with Crippen molar-refractivity contribution in [3.05, 3.63) is 21.6 Å². The Morgan fingerprint density at radius 2 is 1.85 bits per heavy atom. The Bertz CT molecular complexity index is 419. The Kier molecular flexibility index (Phi) is 5.71. The van der Waals surface area contributed by atoms with Crippen molar-refractivity contribution in [1.82, 2.24) is 4.98 Å². The number of allylic oxidation sites excluding steroid dienone is 4. The summed E-state index contributed by atoms with van der Waals surface area (Å²) in [5, 5.41) is 5.19. The Labute approximate surface area is 129 Å². The second-order valence-electron chi connectivity index (χ2n) is 8.02. The fraction of sp³-hybridized carbons (Fsp3) is 0.750. The van der Waals surface area contributed by atoms with Gasteiger partial charge in [-0.3, -0.25) is 0 Å². The van der Waals surface area contributed by atoms with E-state index in [2.05, 4.69) is 68.4 Å². The zero-order valence-electron chi connectivity index (χ0n) is 14.8. The molecule has 2 nitrogen and oxygen atoms in total. The van der Waals surface area contributed by atoms with Gasteiger partial charge in [0.15, 0.2) is 0 Å². The van der Waals surface area contributed by atoms with Crippen molar-refractivity contribution >= 4 is 6.10 Å². The zero-order chi connectivity index (χ0) is 15.8. The molecule has 0 aromatic heterocycles. The predicted molar refractivity (Wildman–Crippen MR) is 89.1 cm³/mol. The standard InChI is InChI=1S/C9H13.C5H14NOSi.2CH3.Ti/c1-9(2,3)8-6-4-5-7-8;1-5(7-2)6-8(3)4;;;/h4,6H,5H2,1-3H3;5-6H,1-4H3;2*1H3;. The van der Waals surface area contributed by atoms with Crippen molar-refractivity contribution in [2.45, 2.75) is 63.9 Å². The third-order valence-corrected chi connectivity index (χ3v) is 28.9. The Balaban J connectivity index is 3.16. The summed E-state index contributed by atoms with van der Waals surface area (Å²) in [6.07, 6.45) is 4.61. The molecule has 20 heavy (non-hydrogen) atoms. The van der Waals surface area contributed by atoms with Crippen molar-refractivity contribution in [3.8, 4) is 0 Å². The number of methoxy groups -OCH3 is 1. The van der Waals surface area contributed by atoms with Crippen LogP contribution in [0, 0.1) is 5.41 Å². The van der Waals surface area contributed by atoms with E-state index in [1.807, 2.05) is 0 Å². The van der Waals surface area contributed by atoms with Crippen LogP contribution in [-0.2, 0) is 20.6 Å². The van der Waals surface area contributed by atoms with Gasteiger partial charge in [-0.1, -0.05) is 0 Å². The summed E-state index contributed by atoms with van der Waals surface area (Å²) in [7, 11) is 1.79. The summed E-state index contributed by atoms with van der Waals surface area (Å²) in [5.41, 5.74) is 1.87. The van der Waals surface area contributed by atoms with Crippen LogP contribution in [0.3, 0.4) is 0 Å². The molecule has 0 spiro atoms. The molecule has 1 rings (SSSR count). The molecule has 1 unspecified atom stereocenters. The van der Waals surface area contributed by atoms with Gasteiger partial charge in [0.25, 0.3) is 0 Å². The molecule has 1 aliphatic rings. The van der Waals surface area contributed by atoms with Crippen molar-refractivity contribution < 1.29 is 20.6 Å². The van der Waals surface area contributed by atoms with Crippen molar-refractivity contribution in [1.29, 1.82) is 0 Å². The predicted octanol–water partition coefficient (Wildman–Crippen LogP) is 4.78. The van der Waals surface area contributed by atoms with E-state index in [9.17, 15) is 0 Å². The monoisotopic (exact) mass is 331 g/mol. The maximum absolute atomic E-state index is 5.46. The van der Waals surface area contributed by atoms with Gasteiger partial charge in [-0.05, 0) is 0 Å². The van der Waals surface area contributed by atoms with Crippen LogP contribution in [-0.4, -0.2) is 19.4 Å². The van der Waals surface area contributed by atoms with Gasteiger partial charge < -0.3 is 0 Å². The van der Waals surface area contributed by atoms with Gasteiger partial charge in [0.2, 0.25) is 0 Å². The van der Waals surface area contributed by atoms with Gasteiger partial charge in [-0.15, -0.1) is 0 Å². The van der Waals surface area contributed by atoms with Crippen LogP contribution in [0.25, 0.3) is 0 Å². The zero-order valence-corrected chi connectivity index (χ0v) is 17.4. The minimum atomic E-state index is -2.07. The van der Waals surface area contributed by atoms with Gasteiger partial charge in [0, 0.05) is 0 Å². The molecule has 1 N–H and O–H groups in total. The van der Waals surface area contributed by atoms with Crippen LogP contribution in [0.4, 0.5) is 0 Å². The van der Waals surface area contributed by atoms with Gasteiger partial charge >= 0.3 is 130 Å². The molecule has 0 aromatic rings. The van der Waals surface area contributed by atoms with Crippen molar-refractivity contribution in [2.75, 3.05) is 7.11 Å². The van der Waals surface area contributed by atoms with E-state index < -0.39 is 21.9 Å². The molecule has 0 fully saturated rings. The third-order valence-electron chi connectivity index (χ3n) is 4.97. The fourth-order valence-corrected chi connectivity index (χ4v) is 15.1. The van der Waals surface area contributed by atoms with E-state index in [4.69, 9.17) is 4.74 Å². The molecule has 0 heterocycles. The molecule has 0 saturated carbocycles. The molecule has 4 heteroatoms. The molecular weight excluding hydrogens is 298 g/mol.